The number of rotatable bonds is 8. The lowest BCUT2D eigenvalue weighted by molar-refractivity contribution is -0.134. The van der Waals surface area contributed by atoms with Gasteiger partial charge in [-0.15, -0.1) is 0 Å². The Hall–Kier alpha value is -5.57. The van der Waals surface area contributed by atoms with Crippen molar-refractivity contribution in [2.75, 3.05) is 68.5 Å². The lowest BCUT2D eigenvalue weighted by atomic mass is 9.92. The molecule has 4 fully saturated rings. The molecule has 1 unspecified atom stereocenters. The van der Waals surface area contributed by atoms with Crippen LogP contribution in [0, 0.1) is 0 Å². The van der Waals surface area contributed by atoms with Crippen LogP contribution >= 0.6 is 0 Å². The predicted molar refractivity (Wildman–Crippen MR) is 206 cm³/mol. The first-order chi connectivity index (χ1) is 26.2. The van der Waals surface area contributed by atoms with Crippen molar-refractivity contribution < 1.29 is 14.4 Å². The molecular weight excluding hydrogens is 685 g/mol. The fraction of sp³-hybridized carbons (Fsp3) is 0.462. The van der Waals surface area contributed by atoms with Gasteiger partial charge in [0, 0.05) is 95.9 Å². The first kappa shape index (κ1) is 34.2. The van der Waals surface area contributed by atoms with Crippen LogP contribution in [0.4, 0.5) is 23.1 Å². The number of aromatic nitrogens is 6. The molecule has 1 aromatic carbocycles. The Kier molecular flexibility index (Phi) is 8.67. The number of anilines is 4. The summed E-state index contributed by atoms with van der Waals surface area (Å²) in [7, 11) is 5.50. The monoisotopic (exact) mass is 730 g/mol. The van der Waals surface area contributed by atoms with Crippen molar-refractivity contribution >= 4 is 62.8 Å². The summed E-state index contributed by atoms with van der Waals surface area (Å²) < 4.78 is 4.01. The fourth-order valence-electron chi connectivity index (χ4n) is 8.79. The number of nitrogens with one attached hydrogen (secondary N) is 2. The van der Waals surface area contributed by atoms with E-state index < -0.39 is 5.92 Å². The maximum Gasteiger partial charge on any atom is 0.270 e. The number of hydrogen-bond acceptors (Lipinski definition) is 11. The first-order valence-corrected chi connectivity index (χ1v) is 19.1. The van der Waals surface area contributed by atoms with Crippen molar-refractivity contribution in [3.05, 3.63) is 60.2 Å². The Bertz CT molecular complexity index is 2240. The largest absolute Gasteiger partial charge is 0.368 e. The minimum atomic E-state index is -0.413. The zero-order chi connectivity index (χ0) is 37.1. The smallest absolute Gasteiger partial charge is 0.270 e. The number of nitrogens with zero attached hydrogens (tertiary/aromatic N) is 10. The van der Waals surface area contributed by atoms with E-state index in [0.29, 0.717) is 36.3 Å². The Morgan fingerprint density at radius 1 is 0.926 bits per heavy atom. The van der Waals surface area contributed by atoms with Crippen molar-refractivity contribution in [3.63, 3.8) is 0 Å². The molecule has 1 saturated carbocycles. The van der Waals surface area contributed by atoms with Crippen molar-refractivity contribution in [1.29, 1.82) is 0 Å². The fourth-order valence-corrected chi connectivity index (χ4v) is 8.79. The third-order valence-corrected chi connectivity index (χ3v) is 11.7. The normalized spacial score (nSPS) is 20.2. The average Bonchev–Trinajstić information content (AvgIpc) is 3.89. The van der Waals surface area contributed by atoms with Crippen molar-refractivity contribution in [1.82, 2.24) is 44.4 Å². The highest BCUT2D eigenvalue weighted by molar-refractivity contribution is 6.04. The molecule has 0 radical (unpaired) electrons. The van der Waals surface area contributed by atoms with E-state index in [1.165, 1.54) is 0 Å². The van der Waals surface area contributed by atoms with Gasteiger partial charge in [-0.25, -0.2) is 9.97 Å². The third kappa shape index (κ3) is 6.09. The number of fused-ring (bicyclic) bond motifs is 2. The van der Waals surface area contributed by atoms with E-state index in [-0.39, 0.29) is 23.8 Å². The van der Waals surface area contributed by atoms with Gasteiger partial charge in [-0.1, -0.05) is 25.0 Å². The zero-order valence-electron chi connectivity index (χ0n) is 31.0. The van der Waals surface area contributed by atoms with Gasteiger partial charge < -0.3 is 24.6 Å². The molecule has 4 aromatic heterocycles. The summed E-state index contributed by atoms with van der Waals surface area (Å²) in [6, 6.07) is 12.9. The minimum absolute atomic E-state index is 0.0238. The van der Waals surface area contributed by atoms with Gasteiger partial charge in [0.05, 0.1) is 34.7 Å². The van der Waals surface area contributed by atoms with Gasteiger partial charge >= 0.3 is 0 Å². The molecule has 280 valence electrons. The standard InChI is InChI=1S/C39H46N12O3/c1-46(2)38(54)31-19-24-20-41-39(44-36(24)51(31)25-7-4-5-8-25)42-32-13-11-26(21-40-32)48-15-17-49(18-16-48)27-22-50(23-27)30-10-6-9-28-34(45-47(3)35(28)30)29-12-14-33(52)43-37(29)53/h6,9-11,13,19-21,25,27,29H,4-5,7-8,12,14-18,22-23H2,1-3H3,(H,43,52,53)(H,40,41,42,44). The van der Waals surface area contributed by atoms with Crippen LogP contribution in [0.3, 0.4) is 0 Å². The summed E-state index contributed by atoms with van der Waals surface area (Å²) in [4.78, 5) is 60.6. The summed E-state index contributed by atoms with van der Waals surface area (Å²) in [6.07, 6.45) is 8.91. The van der Waals surface area contributed by atoms with Crippen molar-refractivity contribution in [3.8, 4) is 0 Å². The highest BCUT2D eigenvalue weighted by Crippen LogP contribution is 2.38. The topological polar surface area (TPSA) is 150 Å². The number of para-hydroxylation sites is 1. The molecule has 54 heavy (non-hydrogen) atoms. The zero-order valence-corrected chi connectivity index (χ0v) is 31.0. The second kappa shape index (κ2) is 13.7. The second-order valence-corrected chi connectivity index (χ2v) is 15.3. The van der Waals surface area contributed by atoms with Crippen LogP contribution in [0.5, 0.6) is 0 Å². The van der Waals surface area contributed by atoms with Crippen LogP contribution in [0.15, 0.2) is 48.8 Å². The lowest BCUT2D eigenvalue weighted by Gasteiger charge is -2.49. The molecule has 1 aliphatic carbocycles. The summed E-state index contributed by atoms with van der Waals surface area (Å²) >= 11 is 0. The van der Waals surface area contributed by atoms with Gasteiger partial charge in [-0.2, -0.15) is 10.1 Å². The molecule has 4 aliphatic rings. The molecule has 3 aliphatic heterocycles. The Labute approximate surface area is 313 Å². The van der Waals surface area contributed by atoms with Gasteiger partial charge in [-0.05, 0) is 43.5 Å². The van der Waals surface area contributed by atoms with Crippen LogP contribution in [-0.2, 0) is 16.6 Å². The lowest BCUT2D eigenvalue weighted by Crippen LogP contribution is -2.63. The number of piperidine rings is 1. The summed E-state index contributed by atoms with van der Waals surface area (Å²) in [5.41, 5.74) is 5.44. The number of aryl methyl sites for hydroxylation is 1. The molecule has 9 rings (SSSR count). The van der Waals surface area contributed by atoms with Gasteiger partial charge in [0.1, 0.15) is 17.2 Å². The Morgan fingerprint density at radius 2 is 1.72 bits per heavy atom. The van der Waals surface area contributed by atoms with Crippen LogP contribution in [0.25, 0.3) is 21.9 Å². The van der Waals surface area contributed by atoms with E-state index >= 15 is 0 Å². The number of carbonyl (C=O) groups is 3. The first-order valence-electron chi connectivity index (χ1n) is 19.1. The number of pyridine rings is 1. The molecule has 7 heterocycles. The number of piperazine rings is 1. The quantitative estimate of drug-likeness (QED) is 0.225. The molecule has 5 aromatic rings. The highest BCUT2D eigenvalue weighted by atomic mass is 16.2. The molecule has 1 atom stereocenters. The molecule has 3 amide bonds. The minimum Gasteiger partial charge on any atom is -0.368 e. The molecule has 15 nitrogen and oxygen atoms in total. The molecule has 0 bridgehead atoms. The Balaban J connectivity index is 0.819. The molecule has 2 N–H and O–H groups in total. The SMILES string of the molecule is CN(C)C(=O)c1cc2cnc(Nc3ccc(N4CCN(C5CN(c6cccc7c(C8CCC(=O)NC8=O)nn(C)c67)C5)CC4)cn3)nc2n1C1CCCC1. The maximum atomic E-state index is 13.1. The average molecular weight is 731 g/mol. The van der Waals surface area contributed by atoms with Crippen molar-refractivity contribution in [2.24, 2.45) is 7.05 Å². The van der Waals surface area contributed by atoms with Gasteiger partial charge in [0.15, 0.2) is 0 Å². The third-order valence-electron chi connectivity index (χ3n) is 11.7. The van der Waals surface area contributed by atoms with Crippen LogP contribution < -0.4 is 20.4 Å². The van der Waals surface area contributed by atoms with Gasteiger partial charge in [0.2, 0.25) is 17.8 Å². The summed E-state index contributed by atoms with van der Waals surface area (Å²) in [5.74, 6) is 0.219. The maximum absolute atomic E-state index is 13.1. The summed E-state index contributed by atoms with van der Waals surface area (Å²) in [5, 5.41) is 12.4. The van der Waals surface area contributed by atoms with E-state index in [2.05, 4.69) is 47.0 Å². The van der Waals surface area contributed by atoms with E-state index in [1.54, 1.807) is 25.2 Å². The summed E-state index contributed by atoms with van der Waals surface area (Å²) in [6.45, 7) is 5.66. The van der Waals surface area contributed by atoms with Gasteiger partial charge in [0.25, 0.3) is 5.91 Å². The van der Waals surface area contributed by atoms with Crippen LogP contribution in [-0.4, -0.2) is 116 Å². The molecule has 3 saturated heterocycles. The van der Waals surface area contributed by atoms with E-state index in [4.69, 9.17) is 15.1 Å². The second-order valence-electron chi connectivity index (χ2n) is 15.3. The Morgan fingerprint density at radius 3 is 2.44 bits per heavy atom. The van der Waals surface area contributed by atoms with Crippen molar-refractivity contribution in [2.45, 2.75) is 56.5 Å². The number of carbonyl (C=O) groups excluding carboxylic acids is 3. The molecular formula is C39H46N12O3. The number of amides is 3. The highest BCUT2D eigenvalue weighted by Gasteiger charge is 2.37. The van der Waals surface area contributed by atoms with E-state index in [0.717, 1.165) is 104 Å². The number of benzene rings is 1. The molecule has 15 heteroatoms. The van der Waals surface area contributed by atoms with E-state index in [9.17, 15) is 14.4 Å². The van der Waals surface area contributed by atoms with E-state index in [1.807, 2.05) is 42.2 Å². The van der Waals surface area contributed by atoms with Gasteiger partial charge in [-0.3, -0.25) is 29.3 Å². The van der Waals surface area contributed by atoms with Crippen LogP contribution in [0.1, 0.15) is 66.7 Å². The number of hydrogen-bond donors (Lipinski definition) is 2. The number of imide groups is 1. The molecule has 0 spiro atoms. The predicted octanol–water partition coefficient (Wildman–Crippen LogP) is 3.80. The van der Waals surface area contributed by atoms with Crippen LogP contribution in [0.2, 0.25) is 0 Å².